The van der Waals surface area contributed by atoms with Crippen LogP contribution in [0.15, 0.2) is 35.1 Å². The predicted molar refractivity (Wildman–Crippen MR) is 84.8 cm³/mol. The maximum Gasteiger partial charge on any atom is 0.330 e. The number of hydrogen-bond acceptors (Lipinski definition) is 4. The van der Waals surface area contributed by atoms with Gasteiger partial charge in [-0.3, -0.25) is 4.79 Å². The average molecular weight is 300 g/mol. The predicted octanol–water partition coefficient (Wildman–Crippen LogP) is 2.65. The molecule has 0 saturated heterocycles. The highest BCUT2D eigenvalue weighted by Gasteiger charge is 2.21. The van der Waals surface area contributed by atoms with Crippen molar-refractivity contribution >= 4 is 5.97 Å². The maximum atomic E-state index is 12.0. The summed E-state index contributed by atoms with van der Waals surface area (Å²) in [6.45, 7) is 5.88. The van der Waals surface area contributed by atoms with Gasteiger partial charge in [0.1, 0.15) is 0 Å². The zero-order valence-electron chi connectivity index (χ0n) is 13.3. The topological polar surface area (TPSA) is 61.2 Å². The smallest absolute Gasteiger partial charge is 0.330 e. The van der Waals surface area contributed by atoms with Gasteiger partial charge in [-0.25, -0.2) is 9.48 Å². The van der Waals surface area contributed by atoms with E-state index in [-0.39, 0.29) is 5.56 Å². The second kappa shape index (κ2) is 6.56. The molecule has 0 saturated carbocycles. The summed E-state index contributed by atoms with van der Waals surface area (Å²) >= 11 is 0. The molecule has 0 spiro atoms. The van der Waals surface area contributed by atoms with Crippen LogP contribution in [0.1, 0.15) is 30.5 Å². The first-order valence-electron chi connectivity index (χ1n) is 7.23. The molecule has 2 aromatic rings. The van der Waals surface area contributed by atoms with E-state index in [9.17, 15) is 9.59 Å². The van der Waals surface area contributed by atoms with Crippen LogP contribution in [0.3, 0.4) is 0 Å². The van der Waals surface area contributed by atoms with Crippen LogP contribution in [-0.4, -0.2) is 22.9 Å². The largest absolute Gasteiger partial charge is 0.467 e. The summed E-state index contributed by atoms with van der Waals surface area (Å²) in [5.41, 5.74) is 3.60. The number of carbonyl (C=O) groups is 1. The summed E-state index contributed by atoms with van der Waals surface area (Å²) in [7, 11) is 1.31. The Morgan fingerprint density at radius 2 is 1.95 bits per heavy atom. The van der Waals surface area contributed by atoms with Crippen LogP contribution in [0.4, 0.5) is 0 Å². The Hall–Kier alpha value is -2.43. The number of hydrogen-bond donors (Lipinski definition) is 0. The van der Waals surface area contributed by atoms with Gasteiger partial charge in [0.2, 0.25) is 0 Å². The van der Waals surface area contributed by atoms with E-state index in [1.165, 1.54) is 23.4 Å². The first-order chi connectivity index (χ1) is 10.5. The van der Waals surface area contributed by atoms with Gasteiger partial charge in [-0.1, -0.05) is 19.1 Å². The first-order valence-corrected chi connectivity index (χ1v) is 7.23. The van der Waals surface area contributed by atoms with Crippen molar-refractivity contribution in [2.24, 2.45) is 0 Å². The highest BCUT2D eigenvalue weighted by Crippen LogP contribution is 2.20. The highest BCUT2D eigenvalue weighted by molar-refractivity contribution is 5.74. The summed E-state index contributed by atoms with van der Waals surface area (Å²) in [5.74, 6) is -0.464. The average Bonchev–Trinajstić information content (AvgIpc) is 2.52. The minimum Gasteiger partial charge on any atom is -0.467 e. The van der Waals surface area contributed by atoms with Crippen molar-refractivity contribution in [3.63, 3.8) is 0 Å². The van der Waals surface area contributed by atoms with Crippen LogP contribution >= 0.6 is 0 Å². The van der Waals surface area contributed by atoms with Crippen LogP contribution in [0.2, 0.25) is 0 Å². The number of benzene rings is 1. The molecule has 5 heteroatoms. The second-order valence-corrected chi connectivity index (χ2v) is 5.25. The number of rotatable bonds is 4. The Morgan fingerprint density at radius 3 is 2.55 bits per heavy atom. The van der Waals surface area contributed by atoms with Gasteiger partial charge in [0.25, 0.3) is 5.56 Å². The summed E-state index contributed by atoms with van der Waals surface area (Å²) in [6.07, 6.45) is 0.440. The molecule has 0 bridgehead atoms. The lowest BCUT2D eigenvalue weighted by Crippen LogP contribution is -2.32. The van der Waals surface area contributed by atoms with E-state index in [2.05, 4.69) is 5.10 Å². The van der Waals surface area contributed by atoms with E-state index in [1.807, 2.05) is 39.0 Å². The Balaban J connectivity index is 2.52. The van der Waals surface area contributed by atoms with Crippen molar-refractivity contribution in [1.82, 2.24) is 9.78 Å². The van der Waals surface area contributed by atoms with Gasteiger partial charge in [-0.2, -0.15) is 5.10 Å². The van der Waals surface area contributed by atoms with Gasteiger partial charge >= 0.3 is 5.97 Å². The third-order valence-corrected chi connectivity index (χ3v) is 3.78. The fourth-order valence-corrected chi connectivity index (χ4v) is 2.28. The number of carbonyl (C=O) groups excluding carboxylic acids is 1. The van der Waals surface area contributed by atoms with Crippen molar-refractivity contribution in [2.75, 3.05) is 7.11 Å². The Labute approximate surface area is 129 Å². The van der Waals surface area contributed by atoms with Crippen LogP contribution in [0, 0.1) is 13.8 Å². The second-order valence-electron chi connectivity index (χ2n) is 5.25. The van der Waals surface area contributed by atoms with Gasteiger partial charge in [0.15, 0.2) is 6.04 Å². The lowest BCUT2D eigenvalue weighted by molar-refractivity contribution is -0.145. The molecular weight excluding hydrogens is 280 g/mol. The number of nitrogens with zero attached hydrogens (tertiary/aromatic N) is 2. The molecule has 22 heavy (non-hydrogen) atoms. The van der Waals surface area contributed by atoms with Gasteiger partial charge in [-0.15, -0.1) is 0 Å². The van der Waals surface area contributed by atoms with Crippen LogP contribution in [0.25, 0.3) is 11.3 Å². The molecule has 0 unspecified atom stereocenters. The van der Waals surface area contributed by atoms with Crippen molar-refractivity contribution in [3.8, 4) is 11.3 Å². The molecule has 2 rings (SSSR count). The zero-order valence-corrected chi connectivity index (χ0v) is 13.3. The van der Waals surface area contributed by atoms with Gasteiger partial charge in [-0.05, 0) is 43.5 Å². The SMILES string of the molecule is CC[C@@H](C(=O)OC)n1nc(-c2ccc(C)c(C)c2)ccc1=O. The molecular formula is C17H20N2O3. The molecule has 0 N–H and O–H groups in total. The van der Waals surface area contributed by atoms with E-state index in [1.54, 1.807) is 6.07 Å². The van der Waals surface area contributed by atoms with E-state index in [0.29, 0.717) is 12.1 Å². The summed E-state index contributed by atoms with van der Waals surface area (Å²) in [5, 5.41) is 4.36. The molecule has 0 amide bonds. The Bertz CT molecular complexity index is 750. The maximum absolute atomic E-state index is 12.0. The van der Waals surface area contributed by atoms with Crippen LogP contribution in [0.5, 0.6) is 0 Å². The normalized spacial score (nSPS) is 12.0. The standard InChI is InChI=1S/C17H20N2O3/c1-5-15(17(21)22-4)19-16(20)9-8-14(18-19)13-7-6-11(2)12(3)10-13/h6-10,15H,5H2,1-4H3/t15-/m0/s1. The third kappa shape index (κ3) is 3.08. The molecule has 0 aliphatic heterocycles. The summed E-state index contributed by atoms with van der Waals surface area (Å²) in [6, 6.07) is 8.39. The lowest BCUT2D eigenvalue weighted by atomic mass is 10.0. The third-order valence-electron chi connectivity index (χ3n) is 3.78. The molecule has 0 aliphatic carbocycles. The van der Waals surface area contributed by atoms with Gasteiger partial charge in [0, 0.05) is 11.6 Å². The number of ether oxygens (including phenoxy) is 1. The van der Waals surface area contributed by atoms with E-state index >= 15 is 0 Å². The fourth-order valence-electron chi connectivity index (χ4n) is 2.28. The minimum atomic E-state index is -0.705. The van der Waals surface area contributed by atoms with E-state index < -0.39 is 12.0 Å². The number of aryl methyl sites for hydroxylation is 2. The van der Waals surface area contributed by atoms with Gasteiger partial charge in [0.05, 0.1) is 12.8 Å². The van der Waals surface area contributed by atoms with Crippen molar-refractivity contribution < 1.29 is 9.53 Å². The highest BCUT2D eigenvalue weighted by atomic mass is 16.5. The zero-order chi connectivity index (χ0) is 16.3. The summed E-state index contributed by atoms with van der Waals surface area (Å²) < 4.78 is 5.96. The Kier molecular flexibility index (Phi) is 4.75. The monoisotopic (exact) mass is 300 g/mol. The molecule has 116 valence electrons. The van der Waals surface area contributed by atoms with Gasteiger partial charge < -0.3 is 4.74 Å². The van der Waals surface area contributed by atoms with E-state index in [0.717, 1.165) is 11.1 Å². The van der Waals surface area contributed by atoms with Crippen LogP contribution in [-0.2, 0) is 9.53 Å². The molecule has 0 radical (unpaired) electrons. The fraction of sp³-hybridized carbons (Fsp3) is 0.353. The van der Waals surface area contributed by atoms with Crippen molar-refractivity contribution in [2.45, 2.75) is 33.2 Å². The number of esters is 1. The molecule has 1 aromatic carbocycles. The van der Waals surface area contributed by atoms with Crippen LogP contribution < -0.4 is 5.56 Å². The molecule has 1 aromatic heterocycles. The van der Waals surface area contributed by atoms with E-state index in [4.69, 9.17) is 4.74 Å². The quantitative estimate of drug-likeness (QED) is 0.814. The molecule has 0 aliphatic rings. The summed E-state index contributed by atoms with van der Waals surface area (Å²) in [4.78, 5) is 23.9. The molecule has 1 heterocycles. The van der Waals surface area contributed by atoms with Crippen molar-refractivity contribution in [1.29, 1.82) is 0 Å². The first kappa shape index (κ1) is 15.9. The number of aromatic nitrogens is 2. The molecule has 1 atom stereocenters. The molecule has 0 fully saturated rings. The number of methoxy groups -OCH3 is 1. The van der Waals surface area contributed by atoms with Crippen molar-refractivity contribution in [3.05, 3.63) is 51.8 Å². The Morgan fingerprint density at radius 1 is 1.23 bits per heavy atom. The molecule has 5 nitrogen and oxygen atoms in total. The minimum absolute atomic E-state index is 0.315. The lowest BCUT2D eigenvalue weighted by Gasteiger charge is -2.15.